The van der Waals surface area contributed by atoms with Gasteiger partial charge in [-0.05, 0) is 39.9 Å². The molecule has 0 unspecified atom stereocenters. The summed E-state index contributed by atoms with van der Waals surface area (Å²) in [5, 5.41) is 2.95. The molecule has 0 spiro atoms. The van der Waals surface area contributed by atoms with Crippen LogP contribution in [-0.4, -0.2) is 67.4 Å². The van der Waals surface area contributed by atoms with E-state index in [4.69, 9.17) is 0 Å². The molecule has 0 aliphatic carbocycles. The molecule has 8 heteroatoms. The Kier molecular flexibility index (Phi) is 5.13. The fourth-order valence-electron chi connectivity index (χ4n) is 2.42. The second-order valence-corrected chi connectivity index (χ2v) is 7.33. The van der Waals surface area contributed by atoms with Crippen molar-refractivity contribution in [3.63, 3.8) is 0 Å². The zero-order valence-corrected chi connectivity index (χ0v) is 13.6. The average molecular weight is 313 g/mol. The molecule has 0 bridgehead atoms. The number of nitrogens with one attached hydrogen (secondary N) is 1. The number of aromatic nitrogens is 2. The zero-order valence-electron chi connectivity index (χ0n) is 12.8. The summed E-state index contributed by atoms with van der Waals surface area (Å²) in [6.07, 6.45) is 4.43. The van der Waals surface area contributed by atoms with Gasteiger partial charge in [-0.2, -0.15) is 4.31 Å². The highest BCUT2D eigenvalue weighted by molar-refractivity contribution is 7.89. The van der Waals surface area contributed by atoms with E-state index >= 15 is 0 Å². The molecule has 2 heterocycles. The first-order chi connectivity index (χ1) is 9.95. The summed E-state index contributed by atoms with van der Waals surface area (Å²) in [6, 6.07) is 0.0413. The van der Waals surface area contributed by atoms with Crippen molar-refractivity contribution in [1.29, 1.82) is 0 Å². The first-order valence-corrected chi connectivity index (χ1v) is 8.61. The van der Waals surface area contributed by atoms with Crippen molar-refractivity contribution < 1.29 is 8.42 Å². The third kappa shape index (κ3) is 3.69. The summed E-state index contributed by atoms with van der Waals surface area (Å²) in [5.74, 6) is 0.443. The molecule has 1 aromatic rings. The number of likely N-dealkylation sites (tertiary alicyclic amines) is 1. The number of hydrogen-bond acceptors (Lipinski definition) is 6. The van der Waals surface area contributed by atoms with Crippen LogP contribution >= 0.6 is 0 Å². The third-order valence-electron chi connectivity index (χ3n) is 3.84. The molecule has 0 aromatic carbocycles. The van der Waals surface area contributed by atoms with Crippen LogP contribution in [0.15, 0.2) is 17.3 Å². The van der Waals surface area contributed by atoms with E-state index in [1.807, 2.05) is 6.92 Å². The topological polar surface area (TPSA) is 78.4 Å². The summed E-state index contributed by atoms with van der Waals surface area (Å²) >= 11 is 0. The van der Waals surface area contributed by atoms with Gasteiger partial charge < -0.3 is 10.2 Å². The lowest BCUT2D eigenvalue weighted by molar-refractivity contribution is 0.197. The van der Waals surface area contributed by atoms with Gasteiger partial charge in [0.05, 0.1) is 12.4 Å². The van der Waals surface area contributed by atoms with E-state index < -0.39 is 10.0 Å². The quantitative estimate of drug-likeness (QED) is 0.859. The van der Waals surface area contributed by atoms with E-state index in [9.17, 15) is 8.42 Å². The summed E-state index contributed by atoms with van der Waals surface area (Å²) < 4.78 is 26.7. The second kappa shape index (κ2) is 6.67. The van der Waals surface area contributed by atoms with E-state index in [1.165, 1.54) is 16.7 Å². The fraction of sp³-hybridized carbons (Fsp3) is 0.692. The van der Waals surface area contributed by atoms with Gasteiger partial charge in [0.2, 0.25) is 16.0 Å². The maximum absolute atomic E-state index is 12.6. The SMILES string of the molecule is CCNc1ncc(S(=O)(=O)N(C)C2CCN(C)CC2)cn1. The number of hydrogen-bond donors (Lipinski definition) is 1. The van der Waals surface area contributed by atoms with Gasteiger partial charge in [0.1, 0.15) is 4.90 Å². The third-order valence-corrected chi connectivity index (χ3v) is 5.71. The highest BCUT2D eigenvalue weighted by Crippen LogP contribution is 2.21. The van der Waals surface area contributed by atoms with Crippen LogP contribution in [0.5, 0.6) is 0 Å². The van der Waals surface area contributed by atoms with Gasteiger partial charge in [0.15, 0.2) is 0 Å². The lowest BCUT2D eigenvalue weighted by Crippen LogP contribution is -2.44. The van der Waals surface area contributed by atoms with Crippen molar-refractivity contribution in [3.8, 4) is 0 Å². The van der Waals surface area contributed by atoms with E-state index in [1.54, 1.807) is 7.05 Å². The van der Waals surface area contributed by atoms with E-state index in [0.29, 0.717) is 12.5 Å². The molecule has 1 saturated heterocycles. The second-order valence-electron chi connectivity index (χ2n) is 5.33. The standard InChI is InChI=1S/C13H23N5O2S/c1-4-14-13-15-9-12(10-16-13)21(19,20)18(3)11-5-7-17(2)8-6-11/h9-11H,4-8H2,1-3H3,(H,14,15,16). The minimum atomic E-state index is -3.53. The lowest BCUT2D eigenvalue weighted by Gasteiger charge is -2.34. The van der Waals surface area contributed by atoms with E-state index in [-0.39, 0.29) is 10.9 Å². The molecule has 1 aliphatic heterocycles. The molecule has 0 saturated carbocycles. The zero-order chi connectivity index (χ0) is 15.5. The number of piperidine rings is 1. The lowest BCUT2D eigenvalue weighted by atomic mass is 10.1. The predicted octanol–water partition coefficient (Wildman–Crippen LogP) is 0.623. The van der Waals surface area contributed by atoms with Crippen molar-refractivity contribution in [3.05, 3.63) is 12.4 Å². The molecule has 7 nitrogen and oxygen atoms in total. The van der Waals surface area contributed by atoms with Gasteiger partial charge in [0, 0.05) is 19.6 Å². The summed E-state index contributed by atoms with van der Waals surface area (Å²) in [4.78, 5) is 10.4. The summed E-state index contributed by atoms with van der Waals surface area (Å²) in [5.41, 5.74) is 0. The molecule has 21 heavy (non-hydrogen) atoms. The largest absolute Gasteiger partial charge is 0.355 e. The Hall–Kier alpha value is -1.25. The minimum absolute atomic E-state index is 0.0413. The molecular weight excluding hydrogens is 290 g/mol. The van der Waals surface area contributed by atoms with Gasteiger partial charge >= 0.3 is 0 Å². The van der Waals surface area contributed by atoms with Crippen LogP contribution in [0.4, 0.5) is 5.95 Å². The molecule has 2 rings (SSSR count). The van der Waals surface area contributed by atoms with Crippen molar-refractivity contribution >= 4 is 16.0 Å². The van der Waals surface area contributed by atoms with E-state index in [2.05, 4.69) is 27.2 Å². The van der Waals surface area contributed by atoms with E-state index in [0.717, 1.165) is 25.9 Å². The smallest absolute Gasteiger partial charge is 0.246 e. The summed E-state index contributed by atoms with van der Waals surface area (Å²) in [6.45, 7) is 4.46. The highest BCUT2D eigenvalue weighted by Gasteiger charge is 2.30. The Morgan fingerprint density at radius 3 is 2.43 bits per heavy atom. The van der Waals surface area contributed by atoms with Gasteiger partial charge in [-0.1, -0.05) is 0 Å². The van der Waals surface area contributed by atoms with Crippen molar-refractivity contribution in [2.75, 3.05) is 39.0 Å². The Morgan fingerprint density at radius 2 is 1.90 bits per heavy atom. The van der Waals surface area contributed by atoms with Gasteiger partial charge in [-0.25, -0.2) is 18.4 Å². The number of rotatable bonds is 5. The molecule has 118 valence electrons. The molecule has 0 radical (unpaired) electrons. The first-order valence-electron chi connectivity index (χ1n) is 7.17. The first kappa shape index (κ1) is 16.1. The van der Waals surface area contributed by atoms with Gasteiger partial charge in [-0.15, -0.1) is 0 Å². The van der Waals surface area contributed by atoms with Crippen molar-refractivity contribution in [1.82, 2.24) is 19.2 Å². The average Bonchev–Trinajstić information content (AvgIpc) is 2.48. The van der Waals surface area contributed by atoms with Crippen molar-refractivity contribution in [2.45, 2.75) is 30.7 Å². The van der Waals surface area contributed by atoms with Crippen LogP contribution < -0.4 is 5.32 Å². The molecule has 1 aliphatic rings. The van der Waals surface area contributed by atoms with Crippen LogP contribution in [0.1, 0.15) is 19.8 Å². The van der Waals surface area contributed by atoms with Gasteiger partial charge in [0.25, 0.3) is 0 Å². The van der Waals surface area contributed by atoms with Crippen LogP contribution in [-0.2, 0) is 10.0 Å². The van der Waals surface area contributed by atoms with Crippen LogP contribution in [0.3, 0.4) is 0 Å². The Bertz CT molecular complexity index is 552. The summed E-state index contributed by atoms with van der Waals surface area (Å²) in [7, 11) is 0.170. The maximum Gasteiger partial charge on any atom is 0.246 e. The normalized spacial score (nSPS) is 18.1. The molecular formula is C13H23N5O2S. The Balaban J connectivity index is 2.13. The van der Waals surface area contributed by atoms with Crippen LogP contribution in [0.25, 0.3) is 0 Å². The number of nitrogens with zero attached hydrogens (tertiary/aromatic N) is 4. The Labute approximate surface area is 126 Å². The van der Waals surface area contributed by atoms with Gasteiger partial charge in [-0.3, -0.25) is 0 Å². The Morgan fingerprint density at radius 1 is 1.33 bits per heavy atom. The predicted molar refractivity (Wildman–Crippen MR) is 81.7 cm³/mol. The highest BCUT2D eigenvalue weighted by atomic mass is 32.2. The molecule has 1 N–H and O–H groups in total. The molecule has 0 amide bonds. The van der Waals surface area contributed by atoms with Crippen LogP contribution in [0, 0.1) is 0 Å². The van der Waals surface area contributed by atoms with Crippen molar-refractivity contribution in [2.24, 2.45) is 0 Å². The number of anilines is 1. The maximum atomic E-state index is 12.6. The minimum Gasteiger partial charge on any atom is -0.355 e. The van der Waals surface area contributed by atoms with Crippen LogP contribution in [0.2, 0.25) is 0 Å². The molecule has 1 aromatic heterocycles. The molecule has 0 atom stereocenters. The molecule has 1 fully saturated rings. The number of sulfonamides is 1. The fourth-order valence-corrected chi connectivity index (χ4v) is 3.73. The monoisotopic (exact) mass is 313 g/mol.